The van der Waals surface area contributed by atoms with Crippen molar-refractivity contribution in [2.45, 2.75) is 37.2 Å². The predicted octanol–water partition coefficient (Wildman–Crippen LogP) is 3.21. The van der Waals surface area contributed by atoms with Crippen molar-refractivity contribution in [1.82, 2.24) is 0 Å². The summed E-state index contributed by atoms with van der Waals surface area (Å²) in [6, 6.07) is 9.77. The van der Waals surface area contributed by atoms with Crippen LogP contribution in [0.2, 0.25) is 0 Å². The van der Waals surface area contributed by atoms with E-state index in [1.807, 2.05) is 44.2 Å². The Morgan fingerprint density at radius 3 is 2.38 bits per heavy atom. The zero-order chi connectivity index (χ0) is 12.2. The number of benzene rings is 1. The molecule has 1 N–H and O–H groups in total. The van der Waals surface area contributed by atoms with Crippen LogP contribution in [-0.2, 0) is 11.2 Å². The molecular weight excluding hydrogens is 220 g/mol. The molecule has 1 atom stereocenters. The van der Waals surface area contributed by atoms with Crippen molar-refractivity contribution >= 4 is 17.7 Å². The average Bonchev–Trinajstić information content (AvgIpc) is 2.17. The van der Waals surface area contributed by atoms with E-state index in [4.69, 9.17) is 0 Å². The van der Waals surface area contributed by atoms with Crippen LogP contribution >= 0.6 is 11.8 Å². The Morgan fingerprint density at radius 2 is 1.94 bits per heavy atom. The van der Waals surface area contributed by atoms with E-state index in [0.29, 0.717) is 11.7 Å². The van der Waals surface area contributed by atoms with E-state index in [-0.39, 0.29) is 0 Å². The minimum absolute atomic E-state index is 0.310. The summed E-state index contributed by atoms with van der Waals surface area (Å²) in [5, 5.41) is 9.63. The van der Waals surface area contributed by atoms with Crippen LogP contribution in [0.3, 0.4) is 0 Å². The number of hydrogen-bond acceptors (Lipinski definition) is 2. The lowest BCUT2D eigenvalue weighted by Gasteiger charge is -2.26. The highest BCUT2D eigenvalue weighted by atomic mass is 32.2. The molecule has 0 spiro atoms. The van der Waals surface area contributed by atoms with Crippen LogP contribution in [0.5, 0.6) is 0 Å². The molecule has 0 aliphatic heterocycles. The highest BCUT2D eigenvalue weighted by Gasteiger charge is 2.34. The maximum Gasteiger partial charge on any atom is 0.319 e. The van der Waals surface area contributed by atoms with Gasteiger partial charge in [0.1, 0.15) is 4.75 Å². The largest absolute Gasteiger partial charge is 0.480 e. The van der Waals surface area contributed by atoms with Gasteiger partial charge in [-0.05, 0) is 18.9 Å². The molecule has 0 aromatic heterocycles. The van der Waals surface area contributed by atoms with Gasteiger partial charge in [0.15, 0.2) is 0 Å². The quantitative estimate of drug-likeness (QED) is 0.856. The molecule has 1 unspecified atom stereocenters. The molecule has 0 bridgehead atoms. The van der Waals surface area contributed by atoms with Gasteiger partial charge >= 0.3 is 5.97 Å². The fourth-order valence-electron chi connectivity index (χ4n) is 1.67. The lowest BCUT2D eigenvalue weighted by Crippen LogP contribution is -2.35. The molecule has 2 nitrogen and oxygen atoms in total. The van der Waals surface area contributed by atoms with Gasteiger partial charge in [-0.25, -0.2) is 0 Å². The summed E-state index contributed by atoms with van der Waals surface area (Å²) in [6.45, 7) is 5.85. The second kappa shape index (κ2) is 5.39. The van der Waals surface area contributed by atoms with Crippen LogP contribution in [0.4, 0.5) is 0 Å². The Labute approximate surface area is 101 Å². The van der Waals surface area contributed by atoms with Gasteiger partial charge < -0.3 is 5.11 Å². The highest BCUT2D eigenvalue weighted by Crippen LogP contribution is 2.32. The summed E-state index contributed by atoms with van der Waals surface area (Å²) in [7, 11) is 0. The molecule has 88 valence electrons. The van der Waals surface area contributed by atoms with Crippen LogP contribution < -0.4 is 0 Å². The molecule has 3 heteroatoms. The molecule has 0 aliphatic carbocycles. The standard InChI is InChI=1S/C13H18O2S/c1-10(2)16-13(3,12(14)15)9-11-7-5-4-6-8-11/h4-8,10H,9H2,1-3H3,(H,14,15). The van der Waals surface area contributed by atoms with E-state index >= 15 is 0 Å². The fourth-order valence-corrected chi connectivity index (χ4v) is 3.06. The van der Waals surface area contributed by atoms with Gasteiger partial charge in [-0.1, -0.05) is 44.2 Å². The van der Waals surface area contributed by atoms with Crippen molar-refractivity contribution in [1.29, 1.82) is 0 Å². The van der Waals surface area contributed by atoms with Gasteiger partial charge in [-0.15, -0.1) is 11.8 Å². The Kier molecular flexibility index (Phi) is 4.42. The van der Waals surface area contributed by atoms with E-state index < -0.39 is 10.7 Å². The number of carbonyl (C=O) groups is 1. The minimum Gasteiger partial charge on any atom is -0.480 e. The molecular formula is C13H18O2S. The van der Waals surface area contributed by atoms with E-state index in [0.717, 1.165) is 5.56 Å². The summed E-state index contributed by atoms with van der Waals surface area (Å²) >= 11 is 1.51. The number of aliphatic carboxylic acids is 1. The van der Waals surface area contributed by atoms with Gasteiger partial charge in [0.2, 0.25) is 0 Å². The topological polar surface area (TPSA) is 37.3 Å². The van der Waals surface area contributed by atoms with E-state index in [1.54, 1.807) is 6.92 Å². The Hall–Kier alpha value is -0.960. The van der Waals surface area contributed by atoms with E-state index in [2.05, 4.69) is 0 Å². The first-order chi connectivity index (χ1) is 7.44. The second-order valence-corrected chi connectivity index (χ2v) is 6.44. The van der Waals surface area contributed by atoms with Crippen molar-refractivity contribution in [2.75, 3.05) is 0 Å². The Balaban J connectivity index is 2.83. The molecule has 0 saturated carbocycles. The molecule has 0 heterocycles. The van der Waals surface area contributed by atoms with Crippen LogP contribution in [-0.4, -0.2) is 21.1 Å². The lowest BCUT2D eigenvalue weighted by atomic mass is 10.0. The monoisotopic (exact) mass is 238 g/mol. The van der Waals surface area contributed by atoms with Gasteiger partial charge in [0.25, 0.3) is 0 Å². The van der Waals surface area contributed by atoms with E-state index in [1.165, 1.54) is 11.8 Å². The Morgan fingerprint density at radius 1 is 1.38 bits per heavy atom. The van der Waals surface area contributed by atoms with Gasteiger partial charge in [0, 0.05) is 5.25 Å². The summed E-state index contributed by atoms with van der Waals surface area (Å²) < 4.78 is -0.741. The van der Waals surface area contributed by atoms with Gasteiger partial charge in [-0.3, -0.25) is 4.79 Å². The van der Waals surface area contributed by atoms with Crippen molar-refractivity contribution in [3.63, 3.8) is 0 Å². The SMILES string of the molecule is CC(C)SC(C)(Cc1ccccc1)C(=O)O. The molecule has 0 aliphatic rings. The van der Waals surface area contributed by atoms with Crippen LogP contribution in [0, 0.1) is 0 Å². The Bertz CT molecular complexity index is 348. The van der Waals surface area contributed by atoms with Crippen LogP contribution in [0.25, 0.3) is 0 Å². The van der Waals surface area contributed by atoms with Crippen molar-refractivity contribution < 1.29 is 9.90 Å². The molecule has 1 aromatic rings. The zero-order valence-electron chi connectivity index (χ0n) is 9.93. The number of hydrogen-bond donors (Lipinski definition) is 1. The number of thioether (sulfide) groups is 1. The van der Waals surface area contributed by atoms with Crippen LogP contribution in [0.1, 0.15) is 26.3 Å². The number of carboxylic acid groups (broad SMARTS) is 1. The predicted molar refractivity (Wildman–Crippen MR) is 68.9 cm³/mol. The summed E-state index contributed by atoms with van der Waals surface area (Å²) in [5.41, 5.74) is 1.07. The second-order valence-electron chi connectivity index (χ2n) is 4.36. The van der Waals surface area contributed by atoms with E-state index in [9.17, 15) is 9.90 Å². The number of rotatable bonds is 5. The average molecular weight is 238 g/mol. The lowest BCUT2D eigenvalue weighted by molar-refractivity contribution is -0.139. The first-order valence-electron chi connectivity index (χ1n) is 5.39. The molecule has 0 fully saturated rings. The molecule has 16 heavy (non-hydrogen) atoms. The van der Waals surface area contributed by atoms with Gasteiger partial charge in [0.05, 0.1) is 0 Å². The third-order valence-corrected chi connectivity index (χ3v) is 3.64. The summed E-state index contributed by atoms with van der Waals surface area (Å²) in [4.78, 5) is 11.3. The maximum absolute atomic E-state index is 11.3. The molecule has 0 amide bonds. The number of carboxylic acids is 1. The maximum atomic E-state index is 11.3. The van der Waals surface area contributed by atoms with Crippen molar-refractivity contribution in [3.05, 3.63) is 35.9 Å². The minimum atomic E-state index is -0.741. The smallest absolute Gasteiger partial charge is 0.319 e. The zero-order valence-corrected chi connectivity index (χ0v) is 10.8. The highest BCUT2D eigenvalue weighted by molar-refractivity contribution is 8.01. The first-order valence-corrected chi connectivity index (χ1v) is 6.27. The normalized spacial score (nSPS) is 14.8. The fraction of sp³-hybridized carbons (Fsp3) is 0.462. The molecule has 1 rings (SSSR count). The van der Waals surface area contributed by atoms with Crippen LogP contribution in [0.15, 0.2) is 30.3 Å². The third-order valence-electron chi connectivity index (χ3n) is 2.33. The molecule has 1 aromatic carbocycles. The van der Waals surface area contributed by atoms with Gasteiger partial charge in [-0.2, -0.15) is 0 Å². The summed E-state index contributed by atoms with van der Waals surface area (Å²) in [5.74, 6) is -0.741. The third kappa shape index (κ3) is 3.56. The molecule has 0 saturated heterocycles. The summed E-state index contributed by atoms with van der Waals surface area (Å²) in [6.07, 6.45) is 0.562. The van der Waals surface area contributed by atoms with Crippen molar-refractivity contribution in [2.24, 2.45) is 0 Å². The first kappa shape index (κ1) is 13.1. The van der Waals surface area contributed by atoms with Crippen molar-refractivity contribution in [3.8, 4) is 0 Å². The molecule has 0 radical (unpaired) electrons.